The smallest absolute Gasteiger partial charge is 0.196 e. The van der Waals surface area contributed by atoms with Crippen LogP contribution in [0.4, 0.5) is 0 Å². The molecule has 0 amide bonds. The zero-order valence-corrected chi connectivity index (χ0v) is 15.1. The zero-order valence-electron chi connectivity index (χ0n) is 15.1. The van der Waals surface area contributed by atoms with Gasteiger partial charge in [-0.3, -0.25) is 9.59 Å². The molecule has 0 N–H and O–H groups in total. The van der Waals surface area contributed by atoms with E-state index in [4.69, 9.17) is 0 Å². The van der Waals surface area contributed by atoms with Crippen molar-refractivity contribution in [3.05, 3.63) is 76.9 Å². The van der Waals surface area contributed by atoms with Gasteiger partial charge in [0.15, 0.2) is 11.6 Å². The van der Waals surface area contributed by atoms with E-state index in [1.165, 1.54) is 38.2 Å². The van der Waals surface area contributed by atoms with Gasteiger partial charge in [-0.2, -0.15) is 0 Å². The average molecular weight is 334 g/mol. The van der Waals surface area contributed by atoms with Crippen molar-refractivity contribution in [1.82, 2.24) is 0 Å². The first-order valence-corrected chi connectivity index (χ1v) is 9.03. The summed E-state index contributed by atoms with van der Waals surface area (Å²) < 4.78 is 0. The summed E-state index contributed by atoms with van der Waals surface area (Å²) in [5, 5.41) is 0. The van der Waals surface area contributed by atoms with Crippen molar-refractivity contribution in [1.29, 1.82) is 0 Å². The molecule has 0 aliphatic carbocycles. The molecule has 0 heterocycles. The number of aryl methyl sites for hydroxylation is 1. The summed E-state index contributed by atoms with van der Waals surface area (Å²) in [5.74, 6) is -0.436. The molecule has 2 heteroatoms. The predicted octanol–water partition coefficient (Wildman–Crippen LogP) is 5.66. The first-order valence-electron chi connectivity index (χ1n) is 9.03. The molecule has 25 heavy (non-hydrogen) atoms. The van der Waals surface area contributed by atoms with Gasteiger partial charge < -0.3 is 0 Å². The monoisotopic (exact) mass is 334 g/mol. The molecule has 0 saturated heterocycles. The van der Waals surface area contributed by atoms with Gasteiger partial charge in [-0.05, 0) is 37.0 Å². The number of hydrogen-bond acceptors (Lipinski definition) is 2. The molecule has 0 aliphatic rings. The number of ketones is 2. The van der Waals surface area contributed by atoms with E-state index < -0.39 is 0 Å². The molecular weight excluding hydrogens is 308 g/mol. The van der Waals surface area contributed by atoms with E-state index in [2.05, 4.69) is 19.1 Å². The summed E-state index contributed by atoms with van der Waals surface area (Å²) in [5.41, 5.74) is 2.94. The number of rotatable bonds is 9. The quantitative estimate of drug-likeness (QED) is 0.195. The van der Waals surface area contributed by atoms with Crippen molar-refractivity contribution < 1.29 is 9.59 Å². The Balaban J connectivity index is 2.12. The number of hydrogen-bond donors (Lipinski definition) is 0. The van der Waals surface area contributed by atoms with Gasteiger partial charge in [0.25, 0.3) is 0 Å². The van der Waals surface area contributed by atoms with Crippen LogP contribution in [0.1, 0.15) is 61.0 Å². The summed E-state index contributed by atoms with van der Waals surface area (Å²) in [4.78, 5) is 24.5. The third-order valence-corrected chi connectivity index (χ3v) is 4.27. The second kappa shape index (κ2) is 9.73. The van der Waals surface area contributed by atoms with E-state index >= 15 is 0 Å². The zero-order chi connectivity index (χ0) is 18.1. The maximum atomic E-state index is 12.6. The van der Waals surface area contributed by atoms with Gasteiger partial charge in [0.2, 0.25) is 0 Å². The molecule has 0 aliphatic heterocycles. The van der Waals surface area contributed by atoms with E-state index in [0.29, 0.717) is 5.56 Å². The number of unbranched alkanes of at least 4 members (excludes halogenated alkanes) is 3. The number of carbonyl (C=O) groups excluding carboxylic acids is 2. The van der Waals surface area contributed by atoms with Crippen molar-refractivity contribution in [2.75, 3.05) is 0 Å². The van der Waals surface area contributed by atoms with Crippen LogP contribution in [0.5, 0.6) is 0 Å². The lowest BCUT2D eigenvalue weighted by Crippen LogP contribution is -2.10. The minimum atomic E-state index is -0.225. The van der Waals surface area contributed by atoms with Crippen molar-refractivity contribution in [3.8, 4) is 0 Å². The van der Waals surface area contributed by atoms with Crippen LogP contribution in [0.3, 0.4) is 0 Å². The van der Waals surface area contributed by atoms with Crippen LogP contribution in [0.2, 0.25) is 0 Å². The minimum absolute atomic E-state index is 0.211. The van der Waals surface area contributed by atoms with Crippen LogP contribution < -0.4 is 0 Å². The van der Waals surface area contributed by atoms with Gasteiger partial charge in [0.1, 0.15) is 0 Å². The van der Waals surface area contributed by atoms with E-state index in [1.807, 2.05) is 18.2 Å². The molecule has 2 aromatic rings. The normalized spacial score (nSPS) is 11.4. The Morgan fingerprint density at radius 2 is 1.56 bits per heavy atom. The van der Waals surface area contributed by atoms with Gasteiger partial charge in [-0.25, -0.2) is 0 Å². The molecule has 0 spiro atoms. The molecule has 0 unspecified atom stereocenters. The van der Waals surface area contributed by atoms with E-state index in [-0.39, 0.29) is 17.1 Å². The molecule has 0 bridgehead atoms. The lowest BCUT2D eigenvalue weighted by molar-refractivity contribution is -0.113. The largest absolute Gasteiger partial charge is 0.294 e. The van der Waals surface area contributed by atoms with Gasteiger partial charge in [0, 0.05) is 5.56 Å². The number of allylic oxidation sites excluding steroid dienone is 1. The van der Waals surface area contributed by atoms with E-state index in [1.54, 1.807) is 30.3 Å². The average Bonchev–Trinajstić information content (AvgIpc) is 2.64. The highest BCUT2D eigenvalue weighted by atomic mass is 16.1. The van der Waals surface area contributed by atoms with Gasteiger partial charge in [0.05, 0.1) is 5.57 Å². The predicted molar refractivity (Wildman–Crippen MR) is 104 cm³/mol. The molecule has 0 fully saturated rings. The molecule has 0 aromatic heterocycles. The van der Waals surface area contributed by atoms with Crippen molar-refractivity contribution in [2.45, 2.75) is 46.0 Å². The molecule has 0 radical (unpaired) electrons. The van der Waals surface area contributed by atoms with Crippen molar-refractivity contribution in [3.63, 3.8) is 0 Å². The fourth-order valence-corrected chi connectivity index (χ4v) is 2.78. The van der Waals surface area contributed by atoms with Gasteiger partial charge in [-0.15, -0.1) is 0 Å². The molecule has 2 aromatic carbocycles. The third-order valence-electron chi connectivity index (χ3n) is 4.27. The lowest BCUT2D eigenvalue weighted by atomic mass is 9.97. The summed E-state index contributed by atoms with van der Waals surface area (Å²) in [6.45, 7) is 3.65. The van der Waals surface area contributed by atoms with Crippen LogP contribution in [-0.2, 0) is 11.2 Å². The summed E-state index contributed by atoms with van der Waals surface area (Å²) in [6.07, 6.45) is 7.76. The second-order valence-electron chi connectivity index (χ2n) is 6.36. The molecule has 130 valence electrons. The van der Waals surface area contributed by atoms with E-state index in [9.17, 15) is 9.59 Å². The first kappa shape index (κ1) is 18.9. The van der Waals surface area contributed by atoms with Crippen LogP contribution in [0.15, 0.2) is 60.2 Å². The molecule has 0 saturated carbocycles. The third kappa shape index (κ3) is 5.82. The van der Waals surface area contributed by atoms with Gasteiger partial charge in [-0.1, -0.05) is 80.8 Å². The minimum Gasteiger partial charge on any atom is -0.294 e. The van der Waals surface area contributed by atoms with Crippen molar-refractivity contribution in [2.24, 2.45) is 0 Å². The molecule has 0 atom stereocenters. The highest BCUT2D eigenvalue weighted by molar-refractivity contribution is 6.28. The Kier molecular flexibility index (Phi) is 7.34. The second-order valence-corrected chi connectivity index (χ2v) is 6.36. The van der Waals surface area contributed by atoms with Crippen LogP contribution >= 0.6 is 0 Å². The van der Waals surface area contributed by atoms with Crippen molar-refractivity contribution >= 4 is 17.6 Å². The Morgan fingerprint density at radius 1 is 0.880 bits per heavy atom. The fraction of sp³-hybridized carbons (Fsp3) is 0.304. The summed E-state index contributed by atoms with van der Waals surface area (Å²) in [7, 11) is 0. The Bertz CT molecular complexity index is 724. The number of Topliss-reactive ketones (excluding diaryl/α,β-unsaturated/α-hetero) is 2. The topological polar surface area (TPSA) is 34.1 Å². The van der Waals surface area contributed by atoms with Crippen LogP contribution in [0, 0.1) is 0 Å². The maximum absolute atomic E-state index is 12.6. The fourth-order valence-electron chi connectivity index (χ4n) is 2.78. The molecule has 2 nitrogen and oxygen atoms in total. The Hall–Kier alpha value is -2.48. The number of benzene rings is 2. The lowest BCUT2D eigenvalue weighted by Gasteiger charge is -2.05. The van der Waals surface area contributed by atoms with E-state index in [0.717, 1.165) is 12.0 Å². The molecular formula is C23H26O2. The highest BCUT2D eigenvalue weighted by Crippen LogP contribution is 2.16. The summed E-state index contributed by atoms with van der Waals surface area (Å²) in [6, 6.07) is 17.1. The van der Waals surface area contributed by atoms with Crippen LogP contribution in [-0.4, -0.2) is 11.6 Å². The first-order chi connectivity index (χ1) is 12.1. The molecule has 2 rings (SSSR count). The standard InChI is InChI=1S/C23H26O2/c1-3-4-5-7-10-19-13-15-20(16-14-19)17-22(18(2)24)23(25)21-11-8-6-9-12-21/h6,8-9,11-17H,3-5,7,10H2,1-2H3/b22-17-. The summed E-state index contributed by atoms with van der Waals surface area (Å²) >= 11 is 0. The van der Waals surface area contributed by atoms with Gasteiger partial charge >= 0.3 is 0 Å². The maximum Gasteiger partial charge on any atom is 0.196 e. The Morgan fingerprint density at radius 3 is 2.16 bits per heavy atom. The highest BCUT2D eigenvalue weighted by Gasteiger charge is 2.16. The number of carbonyl (C=O) groups is 2. The SMILES string of the molecule is CCCCCCc1ccc(/C=C(/C(C)=O)C(=O)c2ccccc2)cc1. The van der Waals surface area contributed by atoms with Crippen LogP contribution in [0.25, 0.3) is 6.08 Å². The Labute approximate surface area is 150 Å².